The summed E-state index contributed by atoms with van der Waals surface area (Å²) in [6.07, 6.45) is -6.85. The van der Waals surface area contributed by atoms with Crippen LogP contribution in [-0.2, 0) is 17.1 Å². The van der Waals surface area contributed by atoms with Gasteiger partial charge in [-0.3, -0.25) is 9.78 Å². The standard InChI is InChI=1S/C25H27F6N3O3.C2H6/c1-23(2,3)37-22(36)34-6-4-15(5-7-34)12-33-21(35)18-8-17(13-32-14-18)16-9-19(24(26,27)28)11-20(10-16)25(29,30)31;1-2/h8-11,13-15H,4-7,12H2,1-3H3,(H,33,35);1-2H3. The zero-order valence-corrected chi connectivity index (χ0v) is 22.5. The van der Waals surface area contributed by atoms with E-state index in [0.29, 0.717) is 38.1 Å². The molecule has 1 saturated heterocycles. The molecule has 1 aromatic heterocycles. The van der Waals surface area contributed by atoms with Crippen LogP contribution in [0.4, 0.5) is 31.1 Å². The number of halogens is 6. The topological polar surface area (TPSA) is 71.5 Å². The molecule has 3 rings (SSSR count). The molecule has 1 N–H and O–H groups in total. The second-order valence-electron chi connectivity index (χ2n) is 9.88. The number of hydrogen-bond donors (Lipinski definition) is 1. The number of nitrogens with zero attached hydrogens (tertiary/aromatic N) is 2. The van der Waals surface area contributed by atoms with E-state index < -0.39 is 41.1 Å². The Morgan fingerprint density at radius 2 is 1.44 bits per heavy atom. The Morgan fingerprint density at radius 3 is 1.92 bits per heavy atom. The van der Waals surface area contributed by atoms with Crippen molar-refractivity contribution in [1.29, 1.82) is 0 Å². The van der Waals surface area contributed by atoms with Crippen molar-refractivity contribution in [3.63, 3.8) is 0 Å². The number of alkyl halides is 6. The molecule has 0 spiro atoms. The van der Waals surface area contributed by atoms with E-state index in [-0.39, 0.29) is 35.2 Å². The Balaban J connectivity index is 0.00000260. The largest absolute Gasteiger partial charge is 0.444 e. The lowest BCUT2D eigenvalue weighted by Crippen LogP contribution is -2.43. The van der Waals surface area contributed by atoms with Crippen molar-refractivity contribution in [1.82, 2.24) is 15.2 Å². The summed E-state index contributed by atoms with van der Waals surface area (Å²) in [6, 6.07) is 2.42. The van der Waals surface area contributed by atoms with Gasteiger partial charge in [0.2, 0.25) is 0 Å². The van der Waals surface area contributed by atoms with Crippen LogP contribution in [0.3, 0.4) is 0 Å². The third-order valence-corrected chi connectivity index (χ3v) is 5.74. The quantitative estimate of drug-likeness (QED) is 0.401. The van der Waals surface area contributed by atoms with E-state index in [1.807, 2.05) is 13.8 Å². The summed E-state index contributed by atoms with van der Waals surface area (Å²) in [5.41, 5.74) is -3.94. The van der Waals surface area contributed by atoms with Crippen LogP contribution in [0.2, 0.25) is 0 Å². The molecule has 1 aliphatic rings. The summed E-state index contributed by atoms with van der Waals surface area (Å²) < 4.78 is 84.6. The van der Waals surface area contributed by atoms with Gasteiger partial charge in [-0.1, -0.05) is 13.8 Å². The summed E-state index contributed by atoms with van der Waals surface area (Å²) in [5.74, 6) is -0.483. The Kier molecular flexibility index (Phi) is 10.4. The van der Waals surface area contributed by atoms with E-state index in [1.54, 1.807) is 25.7 Å². The highest BCUT2D eigenvalue weighted by atomic mass is 19.4. The van der Waals surface area contributed by atoms with Gasteiger partial charge < -0.3 is 15.0 Å². The SMILES string of the molecule is CC.CC(C)(C)OC(=O)N1CCC(CNC(=O)c2cncc(-c3cc(C(F)(F)F)cc(C(F)(F)F)c3)c2)CC1. The summed E-state index contributed by atoms with van der Waals surface area (Å²) in [5, 5.41) is 2.73. The van der Waals surface area contributed by atoms with Crippen molar-refractivity contribution in [2.45, 2.75) is 65.4 Å². The fourth-order valence-electron chi connectivity index (χ4n) is 3.83. The lowest BCUT2D eigenvalue weighted by molar-refractivity contribution is -0.143. The minimum Gasteiger partial charge on any atom is -0.444 e. The zero-order valence-electron chi connectivity index (χ0n) is 22.5. The van der Waals surface area contributed by atoms with Crippen LogP contribution < -0.4 is 5.32 Å². The Bertz CT molecular complexity index is 1100. The van der Waals surface area contributed by atoms with Crippen molar-refractivity contribution in [2.24, 2.45) is 5.92 Å². The number of ether oxygens (including phenoxy) is 1. The van der Waals surface area contributed by atoms with Gasteiger partial charge in [0, 0.05) is 37.6 Å². The number of carbonyl (C=O) groups is 2. The van der Waals surface area contributed by atoms with Crippen LogP contribution >= 0.6 is 0 Å². The molecule has 0 atom stereocenters. The highest BCUT2D eigenvalue weighted by Gasteiger charge is 2.37. The molecule has 39 heavy (non-hydrogen) atoms. The number of piperidine rings is 1. The molecule has 2 aromatic rings. The number of pyridine rings is 1. The number of likely N-dealkylation sites (tertiary alicyclic amines) is 1. The second-order valence-corrected chi connectivity index (χ2v) is 9.88. The van der Waals surface area contributed by atoms with E-state index in [1.165, 1.54) is 12.3 Å². The van der Waals surface area contributed by atoms with E-state index in [9.17, 15) is 35.9 Å². The molecule has 0 bridgehead atoms. The van der Waals surface area contributed by atoms with Crippen molar-refractivity contribution >= 4 is 12.0 Å². The van der Waals surface area contributed by atoms with E-state index in [0.717, 1.165) is 6.20 Å². The van der Waals surface area contributed by atoms with Gasteiger partial charge in [-0.2, -0.15) is 26.3 Å². The molecule has 2 amide bonds. The number of nitrogens with one attached hydrogen (secondary N) is 1. The molecular weight excluding hydrogens is 528 g/mol. The Labute approximate surface area is 223 Å². The first-order valence-electron chi connectivity index (χ1n) is 12.5. The molecule has 6 nitrogen and oxygen atoms in total. The molecule has 0 radical (unpaired) electrons. The fraction of sp³-hybridized carbons (Fsp3) is 0.519. The second kappa shape index (κ2) is 12.7. The summed E-state index contributed by atoms with van der Waals surface area (Å²) in [7, 11) is 0. The maximum absolute atomic E-state index is 13.2. The first-order chi connectivity index (χ1) is 18.0. The van der Waals surface area contributed by atoms with Gasteiger partial charge in [0.1, 0.15) is 5.60 Å². The number of hydrogen-bond acceptors (Lipinski definition) is 4. The predicted molar refractivity (Wildman–Crippen MR) is 134 cm³/mol. The number of benzene rings is 1. The first-order valence-corrected chi connectivity index (χ1v) is 12.5. The maximum Gasteiger partial charge on any atom is 0.416 e. The summed E-state index contributed by atoms with van der Waals surface area (Å²) in [4.78, 5) is 30.3. The highest BCUT2D eigenvalue weighted by molar-refractivity contribution is 5.95. The number of rotatable bonds is 4. The smallest absolute Gasteiger partial charge is 0.416 e. The average Bonchev–Trinajstić information content (AvgIpc) is 2.86. The normalized spacial score (nSPS) is 14.8. The van der Waals surface area contributed by atoms with Gasteiger partial charge in [0.15, 0.2) is 0 Å². The molecule has 12 heteroatoms. The summed E-state index contributed by atoms with van der Waals surface area (Å²) >= 11 is 0. The number of carbonyl (C=O) groups excluding carboxylic acids is 2. The number of aromatic nitrogens is 1. The average molecular weight is 562 g/mol. The van der Waals surface area contributed by atoms with Crippen LogP contribution in [0.15, 0.2) is 36.7 Å². The monoisotopic (exact) mass is 561 g/mol. The minimum absolute atomic E-state index is 0.00494. The first kappa shape index (κ1) is 31.9. The molecular formula is C27H33F6N3O3. The van der Waals surface area contributed by atoms with Crippen molar-refractivity contribution in [3.8, 4) is 11.1 Å². The molecule has 0 saturated carbocycles. The van der Waals surface area contributed by atoms with Crippen LogP contribution in [0, 0.1) is 5.92 Å². The predicted octanol–water partition coefficient (Wildman–Crippen LogP) is 7.19. The van der Waals surface area contributed by atoms with Gasteiger partial charge in [0.25, 0.3) is 5.91 Å². The fourth-order valence-corrected chi connectivity index (χ4v) is 3.83. The lowest BCUT2D eigenvalue weighted by atomic mass is 9.96. The number of amides is 2. The molecule has 0 unspecified atom stereocenters. The van der Waals surface area contributed by atoms with Crippen LogP contribution in [0.1, 0.15) is 68.9 Å². The van der Waals surface area contributed by atoms with E-state index in [4.69, 9.17) is 4.74 Å². The summed E-state index contributed by atoms with van der Waals surface area (Å²) in [6.45, 7) is 10.5. The van der Waals surface area contributed by atoms with Crippen molar-refractivity contribution in [3.05, 3.63) is 53.3 Å². The van der Waals surface area contributed by atoms with Crippen LogP contribution in [-0.4, -0.2) is 47.1 Å². The zero-order chi connectivity index (χ0) is 29.6. The van der Waals surface area contributed by atoms with Gasteiger partial charge in [-0.15, -0.1) is 0 Å². The van der Waals surface area contributed by atoms with E-state index >= 15 is 0 Å². The third kappa shape index (κ3) is 9.43. The molecule has 1 aliphatic heterocycles. The Morgan fingerprint density at radius 1 is 0.897 bits per heavy atom. The maximum atomic E-state index is 13.2. The minimum atomic E-state index is -4.99. The highest BCUT2D eigenvalue weighted by Crippen LogP contribution is 2.38. The Hall–Kier alpha value is -3.31. The van der Waals surface area contributed by atoms with Gasteiger partial charge in [0.05, 0.1) is 16.7 Å². The molecule has 2 heterocycles. The third-order valence-electron chi connectivity index (χ3n) is 5.74. The van der Waals surface area contributed by atoms with Crippen LogP contribution in [0.5, 0.6) is 0 Å². The molecule has 216 valence electrons. The van der Waals surface area contributed by atoms with Gasteiger partial charge in [-0.05, 0) is 69.4 Å². The molecule has 0 aliphatic carbocycles. The molecule has 1 fully saturated rings. The van der Waals surface area contributed by atoms with Crippen molar-refractivity contribution < 1.29 is 40.7 Å². The van der Waals surface area contributed by atoms with Gasteiger partial charge in [-0.25, -0.2) is 4.79 Å². The van der Waals surface area contributed by atoms with E-state index in [2.05, 4.69) is 10.3 Å². The van der Waals surface area contributed by atoms with Crippen molar-refractivity contribution in [2.75, 3.05) is 19.6 Å². The lowest BCUT2D eigenvalue weighted by Gasteiger charge is -2.33. The van der Waals surface area contributed by atoms with Gasteiger partial charge >= 0.3 is 18.4 Å². The molecule has 1 aromatic carbocycles. The van der Waals surface area contributed by atoms with Crippen LogP contribution in [0.25, 0.3) is 11.1 Å².